The van der Waals surface area contributed by atoms with Crippen molar-refractivity contribution in [2.45, 2.75) is 12.8 Å². The minimum atomic E-state index is 0.108. The number of hydrogen-bond donors (Lipinski definition) is 0. The summed E-state index contributed by atoms with van der Waals surface area (Å²) in [5.41, 5.74) is 0. The van der Waals surface area contributed by atoms with Gasteiger partial charge >= 0.3 is 0 Å². The zero-order valence-electron chi connectivity index (χ0n) is 6.42. The molecule has 0 radical (unpaired) electrons. The van der Waals surface area contributed by atoms with Gasteiger partial charge < -0.3 is 4.90 Å². The van der Waals surface area contributed by atoms with Gasteiger partial charge in [-0.3, -0.25) is 4.79 Å². The molecule has 1 amide bonds. The van der Waals surface area contributed by atoms with E-state index in [1.54, 1.807) is 0 Å². The molecule has 2 atom stereocenters. The van der Waals surface area contributed by atoms with E-state index in [2.05, 4.69) is 0 Å². The molecule has 1 heterocycles. The maximum absolute atomic E-state index is 11.1. The third-order valence-corrected chi connectivity index (χ3v) is 2.99. The zero-order valence-corrected chi connectivity index (χ0v) is 7.18. The molecular weight excluding hydrogens is 162 g/mol. The van der Waals surface area contributed by atoms with Crippen LogP contribution in [0.4, 0.5) is 0 Å². The molecule has 0 bridgehead atoms. The molecule has 11 heavy (non-hydrogen) atoms. The Labute approximate surface area is 71.5 Å². The van der Waals surface area contributed by atoms with Gasteiger partial charge in [-0.25, -0.2) is 0 Å². The summed E-state index contributed by atoms with van der Waals surface area (Å²) in [6.45, 7) is 1.91. The zero-order chi connectivity index (χ0) is 7.84. The molecular formula is C8H12ClNO. The summed E-state index contributed by atoms with van der Waals surface area (Å²) >= 11 is 5.46. The molecule has 1 saturated heterocycles. The minimum absolute atomic E-state index is 0.108. The highest BCUT2D eigenvalue weighted by molar-refractivity contribution is 6.27. The number of carbonyl (C=O) groups is 1. The lowest BCUT2D eigenvalue weighted by Crippen LogP contribution is -2.37. The summed E-state index contributed by atoms with van der Waals surface area (Å²) in [4.78, 5) is 13.0. The van der Waals surface area contributed by atoms with Gasteiger partial charge in [0.1, 0.15) is 5.88 Å². The molecule has 2 rings (SSSR count). The second kappa shape index (κ2) is 2.67. The fourth-order valence-electron chi connectivity index (χ4n) is 1.89. The topological polar surface area (TPSA) is 20.3 Å². The predicted molar refractivity (Wildman–Crippen MR) is 43.5 cm³/mol. The third-order valence-electron chi connectivity index (χ3n) is 2.76. The van der Waals surface area contributed by atoms with Crippen LogP contribution in [0.25, 0.3) is 0 Å². The van der Waals surface area contributed by atoms with Crippen LogP contribution in [0, 0.1) is 11.8 Å². The van der Waals surface area contributed by atoms with Crippen molar-refractivity contribution in [1.82, 2.24) is 4.90 Å². The molecule has 2 unspecified atom stereocenters. The lowest BCUT2D eigenvalue weighted by atomic mass is 10.1. The van der Waals surface area contributed by atoms with E-state index in [0.717, 1.165) is 24.9 Å². The van der Waals surface area contributed by atoms with Crippen LogP contribution in [0.2, 0.25) is 0 Å². The molecule has 0 aromatic rings. The summed E-state index contributed by atoms with van der Waals surface area (Å²) in [5.74, 6) is 2.01. The molecule has 0 aromatic carbocycles. The van der Waals surface area contributed by atoms with Gasteiger partial charge in [-0.2, -0.15) is 0 Å². The van der Waals surface area contributed by atoms with Crippen LogP contribution in [-0.2, 0) is 4.79 Å². The number of carbonyl (C=O) groups excluding carboxylic acids is 1. The number of rotatable bonds is 1. The number of amides is 1. The largest absolute Gasteiger partial charge is 0.341 e. The fourth-order valence-corrected chi connectivity index (χ4v) is 2.06. The number of piperidine rings is 1. The molecule has 0 aromatic heterocycles. The Balaban J connectivity index is 1.89. The molecule has 1 saturated carbocycles. The Morgan fingerprint density at radius 3 is 3.00 bits per heavy atom. The van der Waals surface area contributed by atoms with E-state index in [0.29, 0.717) is 0 Å². The Kier molecular flexibility index (Phi) is 1.80. The van der Waals surface area contributed by atoms with Crippen molar-refractivity contribution >= 4 is 17.5 Å². The maximum atomic E-state index is 11.1. The monoisotopic (exact) mass is 173 g/mol. The molecule has 0 N–H and O–H groups in total. The number of alkyl halides is 1. The van der Waals surface area contributed by atoms with Crippen molar-refractivity contribution in [1.29, 1.82) is 0 Å². The van der Waals surface area contributed by atoms with Crippen LogP contribution in [0.5, 0.6) is 0 Å². The van der Waals surface area contributed by atoms with Crippen molar-refractivity contribution in [3.63, 3.8) is 0 Å². The van der Waals surface area contributed by atoms with E-state index >= 15 is 0 Å². The second-order valence-electron chi connectivity index (χ2n) is 3.52. The van der Waals surface area contributed by atoms with Gasteiger partial charge in [0, 0.05) is 13.1 Å². The van der Waals surface area contributed by atoms with Gasteiger partial charge in [0.15, 0.2) is 0 Å². The predicted octanol–water partition coefficient (Wildman–Crippen LogP) is 1.09. The summed E-state index contributed by atoms with van der Waals surface area (Å²) in [5, 5.41) is 0. The number of likely N-dealkylation sites (tertiary alicyclic amines) is 1. The lowest BCUT2D eigenvalue weighted by Gasteiger charge is -2.25. The smallest absolute Gasteiger partial charge is 0.237 e. The molecule has 0 spiro atoms. The van der Waals surface area contributed by atoms with Crippen LogP contribution in [0.3, 0.4) is 0 Å². The van der Waals surface area contributed by atoms with Crippen LogP contribution in [-0.4, -0.2) is 29.8 Å². The normalized spacial score (nSPS) is 34.8. The van der Waals surface area contributed by atoms with Gasteiger partial charge in [-0.15, -0.1) is 11.6 Å². The van der Waals surface area contributed by atoms with E-state index in [9.17, 15) is 4.79 Å². The molecule has 62 valence electrons. The van der Waals surface area contributed by atoms with Gasteiger partial charge in [-0.05, 0) is 24.7 Å². The van der Waals surface area contributed by atoms with Gasteiger partial charge in [0.25, 0.3) is 0 Å². The standard InChI is InChI=1S/C8H12ClNO/c9-4-8(11)10-2-1-6-3-7(6)5-10/h6-7H,1-5H2. The van der Waals surface area contributed by atoms with E-state index in [1.165, 1.54) is 12.8 Å². The molecule has 1 aliphatic heterocycles. The van der Waals surface area contributed by atoms with Crippen LogP contribution in [0.1, 0.15) is 12.8 Å². The highest BCUT2D eigenvalue weighted by atomic mass is 35.5. The fraction of sp³-hybridized carbons (Fsp3) is 0.875. The van der Waals surface area contributed by atoms with E-state index in [1.807, 2.05) is 4.90 Å². The molecule has 3 heteroatoms. The molecule has 1 aliphatic carbocycles. The maximum Gasteiger partial charge on any atom is 0.237 e. The Morgan fingerprint density at radius 1 is 1.55 bits per heavy atom. The SMILES string of the molecule is O=C(CCl)N1CCC2CC2C1. The second-order valence-corrected chi connectivity index (χ2v) is 3.79. The highest BCUT2D eigenvalue weighted by Crippen LogP contribution is 2.44. The van der Waals surface area contributed by atoms with Crippen molar-refractivity contribution in [3.8, 4) is 0 Å². The van der Waals surface area contributed by atoms with E-state index < -0.39 is 0 Å². The summed E-state index contributed by atoms with van der Waals surface area (Å²) in [6, 6.07) is 0. The Bertz CT molecular complexity index is 183. The first-order valence-corrected chi connectivity index (χ1v) is 4.68. The van der Waals surface area contributed by atoms with Crippen LogP contribution >= 0.6 is 11.6 Å². The number of halogens is 1. The van der Waals surface area contributed by atoms with Gasteiger partial charge in [0.05, 0.1) is 0 Å². The van der Waals surface area contributed by atoms with Crippen molar-refractivity contribution < 1.29 is 4.79 Å². The first-order valence-electron chi connectivity index (χ1n) is 4.15. The first-order chi connectivity index (χ1) is 5.31. The molecule has 2 nitrogen and oxygen atoms in total. The minimum Gasteiger partial charge on any atom is -0.341 e. The summed E-state index contributed by atoms with van der Waals surface area (Å²) in [7, 11) is 0. The van der Waals surface area contributed by atoms with Crippen molar-refractivity contribution in [2.24, 2.45) is 11.8 Å². The quantitative estimate of drug-likeness (QED) is 0.544. The number of fused-ring (bicyclic) bond motifs is 1. The average molecular weight is 174 g/mol. The summed E-state index contributed by atoms with van der Waals surface area (Å²) < 4.78 is 0. The lowest BCUT2D eigenvalue weighted by molar-refractivity contribution is -0.129. The summed E-state index contributed by atoms with van der Waals surface area (Å²) in [6.07, 6.45) is 2.54. The Morgan fingerprint density at radius 2 is 2.36 bits per heavy atom. The third kappa shape index (κ3) is 1.36. The molecule has 2 aliphatic rings. The number of hydrogen-bond acceptors (Lipinski definition) is 1. The van der Waals surface area contributed by atoms with Gasteiger partial charge in [0.2, 0.25) is 5.91 Å². The van der Waals surface area contributed by atoms with E-state index in [4.69, 9.17) is 11.6 Å². The van der Waals surface area contributed by atoms with E-state index in [-0.39, 0.29) is 11.8 Å². The first kappa shape index (κ1) is 7.41. The Hall–Kier alpha value is -0.240. The highest BCUT2D eigenvalue weighted by Gasteiger charge is 2.42. The van der Waals surface area contributed by atoms with Gasteiger partial charge in [-0.1, -0.05) is 0 Å². The average Bonchev–Trinajstić information content (AvgIpc) is 2.80. The van der Waals surface area contributed by atoms with Crippen LogP contribution < -0.4 is 0 Å². The van der Waals surface area contributed by atoms with Crippen molar-refractivity contribution in [3.05, 3.63) is 0 Å². The van der Waals surface area contributed by atoms with Crippen LogP contribution in [0.15, 0.2) is 0 Å². The number of nitrogens with zero attached hydrogens (tertiary/aromatic N) is 1. The van der Waals surface area contributed by atoms with Crippen molar-refractivity contribution in [2.75, 3.05) is 19.0 Å². The molecule has 2 fully saturated rings.